The molecule has 3 rings (SSSR count). The molecule has 0 radical (unpaired) electrons. The number of hydrogen-bond acceptors (Lipinski definition) is 13. The van der Waals surface area contributed by atoms with Gasteiger partial charge in [-0.2, -0.15) is 8.42 Å². The Kier molecular flexibility index (Phi) is 4.04. The predicted octanol–water partition coefficient (Wildman–Crippen LogP) is -5.54. The van der Waals surface area contributed by atoms with Gasteiger partial charge in [0.05, 0.1) is 0 Å². The third-order valence-corrected chi connectivity index (χ3v) is 5.09. The second kappa shape index (κ2) is 5.70. The van der Waals surface area contributed by atoms with Crippen LogP contribution in [0.15, 0.2) is 4.99 Å². The molecule has 0 aromatic carbocycles. The maximum absolute atomic E-state index is 12.5. The van der Waals surface area contributed by atoms with Gasteiger partial charge in [-0.15, -0.1) is 0 Å². The van der Waals surface area contributed by atoms with Crippen molar-refractivity contribution in [1.82, 2.24) is 10.2 Å². The molecule has 0 saturated carbocycles. The molecule has 3 aliphatic rings. The second-order valence-corrected chi connectivity index (χ2v) is 7.13. The van der Waals surface area contributed by atoms with Crippen LogP contribution in [0.4, 0.5) is 4.79 Å². The van der Waals surface area contributed by atoms with Crippen molar-refractivity contribution in [3.63, 3.8) is 0 Å². The van der Waals surface area contributed by atoms with Crippen molar-refractivity contribution in [1.29, 1.82) is 0 Å². The molecule has 0 aromatic rings. The standard InChI is InChI=1S/C10H17N7O9S/c11-6-14-5-3(2-25-8(13)18)17(21)7(12)16-1-4(26-27(22,23)24)10(19,20)9(5,16)15-6/h3-5,19-20H,1-2,12H2,(H2,13,18)(H3,11,14,15)(H,22,23,24)/t3-,4-,5-,9-/m0/s1. The number of amides is 1. The van der Waals surface area contributed by atoms with Gasteiger partial charge in [-0.3, -0.25) is 15.0 Å². The Balaban J connectivity index is 2.10. The largest absolute Gasteiger partial charge is 0.744 e. The molecule has 152 valence electrons. The fraction of sp³-hybridized carbons (Fsp3) is 0.700. The lowest BCUT2D eigenvalue weighted by atomic mass is 9.86. The number of hydroxylamine groups is 1. The van der Waals surface area contributed by atoms with Crippen LogP contribution < -0.4 is 22.5 Å². The first-order chi connectivity index (χ1) is 12.3. The zero-order valence-corrected chi connectivity index (χ0v) is 14.2. The fourth-order valence-electron chi connectivity index (χ4n) is 3.59. The average Bonchev–Trinajstić information content (AvgIpc) is 2.96. The monoisotopic (exact) mass is 411 g/mol. The van der Waals surface area contributed by atoms with Crippen LogP contribution in [0, 0.1) is 5.21 Å². The van der Waals surface area contributed by atoms with Crippen LogP contribution in [0.2, 0.25) is 0 Å². The number of primary amides is 1. The van der Waals surface area contributed by atoms with Crippen LogP contribution in [0.5, 0.6) is 0 Å². The van der Waals surface area contributed by atoms with E-state index in [9.17, 15) is 28.6 Å². The van der Waals surface area contributed by atoms with E-state index in [-0.39, 0.29) is 10.7 Å². The molecular weight excluding hydrogens is 394 g/mol. The van der Waals surface area contributed by atoms with Gasteiger partial charge in [-0.25, -0.2) is 18.9 Å². The van der Waals surface area contributed by atoms with Crippen LogP contribution in [0.1, 0.15) is 0 Å². The van der Waals surface area contributed by atoms with Crippen LogP contribution in [-0.4, -0.2) is 93.6 Å². The van der Waals surface area contributed by atoms with Crippen molar-refractivity contribution in [3.05, 3.63) is 5.21 Å². The molecule has 10 N–H and O–H groups in total. The first-order valence-electron chi connectivity index (χ1n) is 7.32. The average molecular weight is 411 g/mol. The van der Waals surface area contributed by atoms with Crippen molar-refractivity contribution in [3.8, 4) is 0 Å². The molecule has 0 bridgehead atoms. The van der Waals surface area contributed by atoms with E-state index in [1.54, 1.807) is 0 Å². The molecule has 3 heterocycles. The fourth-order valence-corrected chi connectivity index (χ4v) is 4.08. The number of guanidine groups is 2. The third-order valence-electron chi connectivity index (χ3n) is 4.61. The van der Waals surface area contributed by atoms with Crippen LogP contribution in [0.25, 0.3) is 0 Å². The van der Waals surface area contributed by atoms with Gasteiger partial charge in [0.15, 0.2) is 18.1 Å². The smallest absolute Gasteiger partial charge is 0.404 e. The first-order valence-corrected chi connectivity index (χ1v) is 8.68. The minimum Gasteiger partial charge on any atom is -0.744 e. The Morgan fingerprint density at radius 3 is 2.67 bits per heavy atom. The molecule has 0 aliphatic carbocycles. The number of hydrogen-bond donors (Lipinski definition) is 7. The minimum absolute atomic E-state index is 0.182. The number of carbonyl (C=O) groups excluding carboxylic acids is 1. The Bertz CT molecular complexity index is 842. The van der Waals surface area contributed by atoms with E-state index in [4.69, 9.17) is 21.8 Å². The molecule has 1 fully saturated rings. The highest BCUT2D eigenvalue weighted by Crippen LogP contribution is 2.45. The van der Waals surface area contributed by atoms with Crippen LogP contribution >= 0.6 is 0 Å². The van der Waals surface area contributed by atoms with Gasteiger partial charge in [0.2, 0.25) is 5.66 Å². The lowest BCUT2D eigenvalue weighted by Gasteiger charge is -2.47. The number of aliphatic hydroxyl groups is 2. The molecule has 17 heteroatoms. The summed E-state index contributed by atoms with van der Waals surface area (Å²) < 4.78 is 40.1. The summed E-state index contributed by atoms with van der Waals surface area (Å²) in [6.07, 6.45) is -3.19. The highest BCUT2D eigenvalue weighted by atomic mass is 32.3. The molecule has 4 atom stereocenters. The Morgan fingerprint density at radius 1 is 1.48 bits per heavy atom. The molecule has 16 nitrogen and oxygen atoms in total. The van der Waals surface area contributed by atoms with Gasteiger partial charge in [-0.05, 0) is 0 Å². The van der Waals surface area contributed by atoms with Crippen molar-refractivity contribution in [2.24, 2.45) is 22.2 Å². The molecule has 1 spiro atoms. The van der Waals surface area contributed by atoms with Crippen molar-refractivity contribution >= 4 is 28.4 Å². The SMILES string of the molecule is NC(=O)OC[C@H]1[C@@H]2N=C(N)N[C@]23N(C[C@H](OS(=O)(=O)O)C3(O)O)C(N)=[N+]1[O-]. The van der Waals surface area contributed by atoms with Gasteiger partial charge in [-0.1, -0.05) is 0 Å². The Labute approximate surface area is 151 Å². The molecule has 27 heavy (non-hydrogen) atoms. The number of nitrogens with one attached hydrogen (secondary N) is 1. The minimum atomic E-state index is -5.10. The third kappa shape index (κ3) is 2.67. The summed E-state index contributed by atoms with van der Waals surface area (Å²) >= 11 is 0. The zero-order valence-electron chi connectivity index (χ0n) is 13.4. The van der Waals surface area contributed by atoms with Crippen molar-refractivity contribution in [2.75, 3.05) is 13.2 Å². The lowest BCUT2D eigenvalue weighted by molar-refractivity contribution is -0.529. The molecular formula is C10H17N7O9S. The topological polar surface area (TPSA) is 262 Å². The lowest BCUT2D eigenvalue weighted by Crippen LogP contribution is -2.79. The molecule has 1 saturated heterocycles. The van der Waals surface area contributed by atoms with Crippen molar-refractivity contribution in [2.45, 2.75) is 29.6 Å². The predicted molar refractivity (Wildman–Crippen MR) is 83.7 cm³/mol. The summed E-state index contributed by atoms with van der Waals surface area (Å²) in [4.78, 5) is 15.7. The molecule has 0 unspecified atom stereocenters. The number of ether oxygens (including phenoxy) is 1. The van der Waals surface area contributed by atoms with E-state index in [0.29, 0.717) is 0 Å². The number of nitrogens with two attached hydrogens (primary N) is 3. The summed E-state index contributed by atoms with van der Waals surface area (Å²) in [5.74, 6) is -4.01. The van der Waals surface area contributed by atoms with Crippen LogP contribution in [-0.2, 0) is 19.3 Å². The number of rotatable bonds is 4. The summed E-state index contributed by atoms with van der Waals surface area (Å²) in [6.45, 7) is -1.29. The second-order valence-electron chi connectivity index (χ2n) is 6.08. The van der Waals surface area contributed by atoms with Gasteiger partial charge in [0.25, 0.3) is 5.79 Å². The number of aliphatic imine (C=N–C) groups is 1. The summed E-state index contributed by atoms with van der Waals surface area (Å²) in [5.41, 5.74) is 14.1. The van der Waals surface area contributed by atoms with Gasteiger partial charge in [0, 0.05) is 0 Å². The Morgan fingerprint density at radius 2 is 2.11 bits per heavy atom. The van der Waals surface area contributed by atoms with Gasteiger partial charge >= 0.3 is 22.5 Å². The number of nitrogens with zero attached hydrogens (tertiary/aromatic N) is 3. The molecule has 0 aromatic heterocycles. The summed E-state index contributed by atoms with van der Waals surface area (Å²) in [5, 5.41) is 36.3. The summed E-state index contributed by atoms with van der Waals surface area (Å²) in [6, 6.07) is -2.81. The zero-order chi connectivity index (χ0) is 20.4. The van der Waals surface area contributed by atoms with Crippen LogP contribution in [0.3, 0.4) is 0 Å². The van der Waals surface area contributed by atoms with E-state index in [2.05, 4.69) is 19.2 Å². The Hall–Kier alpha value is -2.60. The van der Waals surface area contributed by atoms with E-state index in [0.717, 1.165) is 4.90 Å². The maximum Gasteiger partial charge on any atom is 0.404 e. The highest BCUT2D eigenvalue weighted by molar-refractivity contribution is 7.80. The quantitative estimate of drug-likeness (QED) is 0.0985. The van der Waals surface area contributed by atoms with E-state index >= 15 is 0 Å². The van der Waals surface area contributed by atoms with Gasteiger partial charge < -0.3 is 36.9 Å². The van der Waals surface area contributed by atoms with E-state index in [1.807, 2.05) is 0 Å². The van der Waals surface area contributed by atoms with E-state index < -0.39 is 65.2 Å². The molecule has 3 aliphatic heterocycles. The normalized spacial score (nSPS) is 34.6. The summed E-state index contributed by atoms with van der Waals surface area (Å²) in [7, 11) is -5.10. The van der Waals surface area contributed by atoms with Gasteiger partial charge in [0.1, 0.15) is 19.2 Å². The first kappa shape index (κ1) is 19.2. The number of carbonyl (C=O) groups is 1. The van der Waals surface area contributed by atoms with Crippen molar-refractivity contribution < 1.29 is 41.6 Å². The maximum atomic E-state index is 12.5. The molecule has 1 amide bonds. The van der Waals surface area contributed by atoms with E-state index in [1.165, 1.54) is 0 Å². The highest BCUT2D eigenvalue weighted by Gasteiger charge is 2.78.